The van der Waals surface area contributed by atoms with Crippen LogP contribution in [0.2, 0.25) is 0 Å². The molecule has 0 saturated heterocycles. The van der Waals surface area contributed by atoms with Gasteiger partial charge in [-0.15, -0.1) is 0 Å². The molecule has 0 aliphatic carbocycles. The molecular weight excluding hydrogens is 306 g/mol. The maximum Gasteiger partial charge on any atom is 0.407 e. The molecule has 0 spiro atoms. The first-order valence-corrected chi connectivity index (χ1v) is 8.50. The van der Waals surface area contributed by atoms with E-state index < -0.39 is 23.9 Å². The van der Waals surface area contributed by atoms with Crippen LogP contribution in [0.15, 0.2) is 24.3 Å². The molecule has 0 heterocycles. The van der Waals surface area contributed by atoms with Gasteiger partial charge in [0.2, 0.25) is 0 Å². The number of aliphatic hydroxyl groups excluding tert-OH is 2. The second-order valence-corrected chi connectivity index (χ2v) is 7.57. The topological polar surface area (TPSA) is 78.8 Å². The zero-order valence-electron chi connectivity index (χ0n) is 15.4. The fraction of sp³-hybridized carbons (Fsp3) is 0.632. The molecule has 3 N–H and O–H groups in total. The highest BCUT2D eigenvalue weighted by molar-refractivity contribution is 5.67. The van der Waals surface area contributed by atoms with E-state index in [1.165, 1.54) is 5.56 Å². The summed E-state index contributed by atoms with van der Waals surface area (Å²) < 4.78 is 5.12. The van der Waals surface area contributed by atoms with E-state index in [1.54, 1.807) is 20.8 Å². The van der Waals surface area contributed by atoms with E-state index in [9.17, 15) is 15.0 Å². The lowest BCUT2D eigenvalue weighted by atomic mass is 9.97. The van der Waals surface area contributed by atoms with E-state index in [0.717, 1.165) is 6.42 Å². The molecular formula is C19H31NO4. The van der Waals surface area contributed by atoms with Crippen LogP contribution < -0.4 is 5.32 Å². The van der Waals surface area contributed by atoms with Gasteiger partial charge >= 0.3 is 6.09 Å². The summed E-state index contributed by atoms with van der Waals surface area (Å²) in [7, 11) is 0. The zero-order valence-corrected chi connectivity index (χ0v) is 15.4. The molecule has 0 saturated carbocycles. The van der Waals surface area contributed by atoms with Gasteiger partial charge in [0.15, 0.2) is 0 Å². The Bertz CT molecular complexity index is 505. The number of alkyl carbamates (subject to hydrolysis) is 1. The van der Waals surface area contributed by atoms with Crippen LogP contribution in [-0.2, 0) is 11.2 Å². The lowest BCUT2D eigenvalue weighted by Crippen LogP contribution is -2.34. The monoisotopic (exact) mass is 337 g/mol. The quantitative estimate of drug-likeness (QED) is 0.714. The number of aliphatic hydroxyl groups is 2. The molecule has 0 bridgehead atoms. The first-order chi connectivity index (χ1) is 11.1. The normalized spacial score (nSPS) is 14.3. The maximum absolute atomic E-state index is 11.5. The summed E-state index contributed by atoms with van der Waals surface area (Å²) in [6.45, 7) is 9.91. The van der Waals surface area contributed by atoms with E-state index in [-0.39, 0.29) is 13.0 Å². The van der Waals surface area contributed by atoms with Gasteiger partial charge in [0.05, 0.1) is 6.10 Å². The molecule has 1 rings (SSSR count). The Morgan fingerprint density at radius 1 is 1.17 bits per heavy atom. The van der Waals surface area contributed by atoms with Crippen molar-refractivity contribution in [3.8, 4) is 0 Å². The summed E-state index contributed by atoms with van der Waals surface area (Å²) in [5, 5.41) is 22.9. The molecule has 24 heavy (non-hydrogen) atoms. The second kappa shape index (κ2) is 9.04. The summed E-state index contributed by atoms with van der Waals surface area (Å²) in [6.07, 6.45) is -1.22. The SMILES string of the molecule is CC(C)Cc1ccc(C(O)C(O)CCNC(=O)OC(C)(C)C)cc1. The van der Waals surface area contributed by atoms with Crippen molar-refractivity contribution in [1.29, 1.82) is 0 Å². The van der Waals surface area contributed by atoms with Crippen LogP contribution in [0.1, 0.15) is 58.3 Å². The smallest absolute Gasteiger partial charge is 0.407 e. The van der Waals surface area contributed by atoms with Gasteiger partial charge in [-0.1, -0.05) is 38.1 Å². The molecule has 5 nitrogen and oxygen atoms in total. The summed E-state index contributed by atoms with van der Waals surface area (Å²) in [5.41, 5.74) is 1.33. The predicted octanol–water partition coefficient (Wildman–Crippen LogP) is 3.19. The minimum atomic E-state index is -0.974. The van der Waals surface area contributed by atoms with Crippen LogP contribution in [-0.4, -0.2) is 34.6 Å². The summed E-state index contributed by atoms with van der Waals surface area (Å²) >= 11 is 0. The molecule has 136 valence electrons. The second-order valence-electron chi connectivity index (χ2n) is 7.57. The first-order valence-electron chi connectivity index (χ1n) is 8.50. The largest absolute Gasteiger partial charge is 0.444 e. The third-order valence-corrected chi connectivity index (χ3v) is 3.44. The Kier molecular flexibility index (Phi) is 7.70. The van der Waals surface area contributed by atoms with Crippen LogP contribution in [0.4, 0.5) is 4.79 Å². The molecule has 0 aliphatic heterocycles. The van der Waals surface area contributed by atoms with Crippen LogP contribution in [0.25, 0.3) is 0 Å². The molecule has 1 aromatic rings. The van der Waals surface area contributed by atoms with Gasteiger partial charge in [-0.05, 0) is 50.7 Å². The minimum absolute atomic E-state index is 0.235. The highest BCUT2D eigenvalue weighted by Gasteiger charge is 2.20. The maximum atomic E-state index is 11.5. The van der Waals surface area contributed by atoms with Crippen molar-refractivity contribution in [2.45, 2.75) is 65.3 Å². The fourth-order valence-corrected chi connectivity index (χ4v) is 2.34. The number of nitrogens with one attached hydrogen (secondary N) is 1. The molecule has 2 unspecified atom stereocenters. The minimum Gasteiger partial charge on any atom is -0.444 e. The molecule has 0 aromatic heterocycles. The van der Waals surface area contributed by atoms with Gasteiger partial charge < -0.3 is 20.3 Å². The number of benzene rings is 1. The fourth-order valence-electron chi connectivity index (χ4n) is 2.34. The van der Waals surface area contributed by atoms with Crippen LogP contribution in [0, 0.1) is 5.92 Å². The Labute approximate surface area is 145 Å². The van der Waals surface area contributed by atoms with Crippen LogP contribution in [0.3, 0.4) is 0 Å². The predicted molar refractivity (Wildman–Crippen MR) is 94.8 cm³/mol. The van der Waals surface area contributed by atoms with Crippen LogP contribution >= 0.6 is 0 Å². The number of rotatable bonds is 7. The van der Waals surface area contributed by atoms with Crippen LogP contribution in [0.5, 0.6) is 0 Å². The number of ether oxygens (including phenoxy) is 1. The van der Waals surface area contributed by atoms with E-state index in [4.69, 9.17) is 4.74 Å². The molecule has 0 aliphatic rings. The zero-order chi connectivity index (χ0) is 18.3. The Morgan fingerprint density at radius 3 is 2.25 bits per heavy atom. The highest BCUT2D eigenvalue weighted by atomic mass is 16.6. The van der Waals surface area contributed by atoms with E-state index in [2.05, 4.69) is 19.2 Å². The van der Waals surface area contributed by atoms with Gasteiger partial charge in [0.1, 0.15) is 11.7 Å². The Hall–Kier alpha value is -1.59. The molecule has 2 atom stereocenters. The van der Waals surface area contributed by atoms with E-state index in [1.807, 2.05) is 24.3 Å². The van der Waals surface area contributed by atoms with Crippen molar-refractivity contribution in [1.82, 2.24) is 5.32 Å². The summed E-state index contributed by atoms with van der Waals surface area (Å²) in [5.74, 6) is 0.574. The number of hydrogen-bond donors (Lipinski definition) is 3. The number of carbonyl (C=O) groups excluding carboxylic acids is 1. The number of carbonyl (C=O) groups is 1. The lowest BCUT2D eigenvalue weighted by Gasteiger charge is -2.21. The van der Waals surface area contributed by atoms with Crippen molar-refractivity contribution in [2.75, 3.05) is 6.54 Å². The van der Waals surface area contributed by atoms with Crippen molar-refractivity contribution in [3.63, 3.8) is 0 Å². The standard InChI is InChI=1S/C19H31NO4/c1-13(2)12-14-6-8-15(9-7-14)17(22)16(21)10-11-20-18(23)24-19(3,4)5/h6-9,13,16-17,21-22H,10-12H2,1-5H3,(H,20,23). The third kappa shape index (κ3) is 7.79. The molecule has 0 radical (unpaired) electrons. The average molecular weight is 337 g/mol. The van der Waals surface area contributed by atoms with Crippen molar-refractivity contribution in [3.05, 3.63) is 35.4 Å². The summed E-state index contributed by atoms with van der Waals surface area (Å²) in [4.78, 5) is 11.5. The van der Waals surface area contributed by atoms with Gasteiger partial charge in [-0.3, -0.25) is 0 Å². The van der Waals surface area contributed by atoms with Crippen molar-refractivity contribution in [2.24, 2.45) is 5.92 Å². The van der Waals surface area contributed by atoms with Crippen molar-refractivity contribution >= 4 is 6.09 Å². The first kappa shape index (κ1) is 20.5. The number of amides is 1. The lowest BCUT2D eigenvalue weighted by molar-refractivity contribution is 0.0123. The number of hydrogen-bond acceptors (Lipinski definition) is 4. The summed E-state index contributed by atoms with van der Waals surface area (Å²) in [6, 6.07) is 7.63. The van der Waals surface area contributed by atoms with Gasteiger partial charge in [0, 0.05) is 6.54 Å². The molecule has 1 aromatic carbocycles. The van der Waals surface area contributed by atoms with Gasteiger partial charge in [-0.25, -0.2) is 4.79 Å². The highest BCUT2D eigenvalue weighted by Crippen LogP contribution is 2.20. The molecule has 1 amide bonds. The van der Waals surface area contributed by atoms with Gasteiger partial charge in [0.25, 0.3) is 0 Å². The molecule has 5 heteroatoms. The van der Waals surface area contributed by atoms with E-state index >= 15 is 0 Å². The Balaban J connectivity index is 2.44. The third-order valence-electron chi connectivity index (χ3n) is 3.44. The van der Waals surface area contributed by atoms with Crippen molar-refractivity contribution < 1.29 is 19.7 Å². The van der Waals surface area contributed by atoms with Gasteiger partial charge in [-0.2, -0.15) is 0 Å². The average Bonchev–Trinajstić information content (AvgIpc) is 2.44. The van der Waals surface area contributed by atoms with E-state index in [0.29, 0.717) is 11.5 Å². The molecule has 0 fully saturated rings. The Morgan fingerprint density at radius 2 is 1.75 bits per heavy atom.